The molecule has 0 saturated heterocycles. The molecule has 1 aromatic heterocycles. The van der Waals surface area contributed by atoms with E-state index in [2.05, 4.69) is 14.8 Å². The highest BCUT2D eigenvalue weighted by atomic mass is 35.5. The summed E-state index contributed by atoms with van der Waals surface area (Å²) in [6, 6.07) is 6.03. The monoisotopic (exact) mass is 402 g/mol. The van der Waals surface area contributed by atoms with Gasteiger partial charge in [0.25, 0.3) is 16.0 Å². The fourth-order valence-electron chi connectivity index (χ4n) is 1.70. The second-order valence-electron chi connectivity index (χ2n) is 4.46. The van der Waals surface area contributed by atoms with E-state index in [1.165, 1.54) is 25.3 Å². The van der Waals surface area contributed by atoms with Crippen LogP contribution in [0.3, 0.4) is 0 Å². The van der Waals surface area contributed by atoms with Gasteiger partial charge < -0.3 is 14.7 Å². The summed E-state index contributed by atoms with van der Waals surface area (Å²) in [6.07, 6.45) is -1.45. The highest BCUT2D eigenvalue weighted by molar-refractivity contribution is 7.90. The lowest BCUT2D eigenvalue weighted by atomic mass is 10.2. The van der Waals surface area contributed by atoms with E-state index in [0.717, 1.165) is 12.1 Å². The van der Waals surface area contributed by atoms with Crippen molar-refractivity contribution in [2.75, 3.05) is 12.6 Å². The second kappa shape index (κ2) is 7.84. The summed E-state index contributed by atoms with van der Waals surface area (Å²) < 4.78 is 30.7. The molecular weight excluding hydrogens is 392 g/mol. The van der Waals surface area contributed by atoms with Gasteiger partial charge in [-0.05, 0) is 12.1 Å². The summed E-state index contributed by atoms with van der Waals surface area (Å²) in [4.78, 5) is 34.1. The van der Waals surface area contributed by atoms with E-state index in [1.807, 2.05) is 5.48 Å². The van der Waals surface area contributed by atoms with Gasteiger partial charge in [0.05, 0.1) is 12.7 Å². The number of carboxylic acid groups (broad SMARTS) is 1. The predicted octanol–water partition coefficient (Wildman–Crippen LogP) is 1.28. The van der Waals surface area contributed by atoms with Crippen LogP contribution in [0.4, 0.5) is 10.7 Å². The number of nitrogens with one attached hydrogen (secondary N) is 2. The molecule has 0 aliphatic heterocycles. The van der Waals surface area contributed by atoms with Gasteiger partial charge in [0.15, 0.2) is 0 Å². The minimum absolute atomic E-state index is 0.0219. The van der Waals surface area contributed by atoms with Gasteiger partial charge in [0.1, 0.15) is 10.0 Å². The maximum absolute atomic E-state index is 12.2. The Bertz CT molecular complexity index is 951. The number of amides is 1. The summed E-state index contributed by atoms with van der Waals surface area (Å²) in [6.45, 7) is 0. The topological polar surface area (TPSA) is 157 Å². The van der Waals surface area contributed by atoms with Crippen molar-refractivity contribution in [3.8, 4) is 5.88 Å². The molecule has 1 heterocycles. The molecule has 0 atom stereocenters. The molecule has 138 valence electrons. The lowest BCUT2D eigenvalue weighted by Crippen LogP contribution is -2.33. The highest BCUT2D eigenvalue weighted by Gasteiger charge is 2.24. The number of ether oxygens (including phenoxy) is 1. The summed E-state index contributed by atoms with van der Waals surface area (Å²) in [7, 11) is -3.18. The van der Waals surface area contributed by atoms with Crippen molar-refractivity contribution in [3.63, 3.8) is 0 Å². The Kier molecular flexibility index (Phi) is 5.79. The average Bonchev–Trinajstić information content (AvgIpc) is 2.59. The summed E-state index contributed by atoms with van der Waals surface area (Å²) in [5, 5.41) is 9.01. The number of halogens is 1. The molecule has 13 heteroatoms. The minimum Gasteiger partial charge on any atom is -0.481 e. The summed E-state index contributed by atoms with van der Waals surface area (Å²) >= 11 is 5.70. The van der Waals surface area contributed by atoms with Crippen molar-refractivity contribution >= 4 is 39.6 Å². The lowest BCUT2D eigenvalue weighted by molar-refractivity contribution is 0.0692. The van der Waals surface area contributed by atoms with Gasteiger partial charge in [-0.15, -0.1) is 0 Å². The van der Waals surface area contributed by atoms with Crippen LogP contribution in [0.15, 0.2) is 35.2 Å². The Morgan fingerprint density at radius 2 is 1.92 bits per heavy atom. The fraction of sp³-hybridized carbons (Fsp3) is 0.0769. The number of carboxylic acids is 1. The van der Waals surface area contributed by atoms with Crippen LogP contribution in [0, 0.1) is 0 Å². The van der Waals surface area contributed by atoms with Crippen molar-refractivity contribution < 1.29 is 32.7 Å². The molecule has 0 saturated carbocycles. The van der Waals surface area contributed by atoms with E-state index in [9.17, 15) is 18.0 Å². The van der Waals surface area contributed by atoms with Crippen LogP contribution in [0.25, 0.3) is 0 Å². The molecule has 0 unspecified atom stereocenters. The molecule has 0 aliphatic rings. The van der Waals surface area contributed by atoms with Gasteiger partial charge >= 0.3 is 12.1 Å². The standard InChI is InChI=1S/C13H11ClN4O7S/c1-24-10-6-9(14)15-12(16-10)17-25-13(21)18-26(22,23)8-5-3-2-4-7(8)11(19)20/h2-6H,1H3,(H,18,21)(H,19,20)(H,15,16,17). The number of aromatic nitrogens is 2. The molecule has 0 radical (unpaired) electrons. The number of carbonyl (C=O) groups is 2. The molecule has 1 amide bonds. The van der Waals surface area contributed by atoms with Crippen LogP contribution in [-0.2, 0) is 14.9 Å². The third kappa shape index (κ3) is 4.70. The number of hydrogen-bond donors (Lipinski definition) is 3. The van der Waals surface area contributed by atoms with E-state index in [4.69, 9.17) is 21.4 Å². The molecule has 0 fully saturated rings. The molecule has 2 aromatic rings. The largest absolute Gasteiger partial charge is 0.481 e. The van der Waals surface area contributed by atoms with Crippen LogP contribution in [0.5, 0.6) is 5.88 Å². The van der Waals surface area contributed by atoms with Gasteiger partial charge in [-0.3, -0.25) is 0 Å². The van der Waals surface area contributed by atoms with Crippen molar-refractivity contribution in [1.29, 1.82) is 0 Å². The van der Waals surface area contributed by atoms with Gasteiger partial charge in [-0.25, -0.2) is 22.7 Å². The molecule has 1 aromatic carbocycles. The maximum atomic E-state index is 12.2. The van der Waals surface area contributed by atoms with Gasteiger partial charge in [-0.1, -0.05) is 23.7 Å². The summed E-state index contributed by atoms with van der Waals surface area (Å²) in [5.74, 6) is -1.68. The zero-order valence-electron chi connectivity index (χ0n) is 13.0. The number of rotatable bonds is 6. The molecule has 3 N–H and O–H groups in total. The molecule has 0 bridgehead atoms. The van der Waals surface area contributed by atoms with Crippen molar-refractivity contribution in [2.24, 2.45) is 0 Å². The lowest BCUT2D eigenvalue weighted by Gasteiger charge is -2.10. The van der Waals surface area contributed by atoms with E-state index < -0.39 is 32.5 Å². The van der Waals surface area contributed by atoms with Gasteiger partial charge in [0, 0.05) is 6.07 Å². The number of methoxy groups -OCH3 is 1. The van der Waals surface area contributed by atoms with E-state index >= 15 is 0 Å². The number of nitrogens with zero attached hydrogens (tertiary/aromatic N) is 2. The Morgan fingerprint density at radius 1 is 1.23 bits per heavy atom. The van der Waals surface area contributed by atoms with Crippen LogP contribution in [0.2, 0.25) is 5.15 Å². The Balaban J connectivity index is 2.10. The molecule has 0 spiro atoms. The minimum atomic E-state index is -4.50. The van der Waals surface area contributed by atoms with Crippen LogP contribution >= 0.6 is 11.6 Å². The first-order chi connectivity index (χ1) is 12.2. The second-order valence-corrected chi connectivity index (χ2v) is 6.49. The first-order valence-electron chi connectivity index (χ1n) is 6.63. The van der Waals surface area contributed by atoms with Crippen molar-refractivity contribution in [1.82, 2.24) is 14.7 Å². The predicted molar refractivity (Wildman–Crippen MR) is 87.4 cm³/mol. The molecule has 26 heavy (non-hydrogen) atoms. The van der Waals surface area contributed by atoms with Gasteiger partial charge in [-0.2, -0.15) is 15.4 Å². The number of benzene rings is 1. The highest BCUT2D eigenvalue weighted by Crippen LogP contribution is 2.17. The number of carbonyl (C=O) groups excluding carboxylic acids is 1. The van der Waals surface area contributed by atoms with Crippen LogP contribution in [0.1, 0.15) is 10.4 Å². The Hall–Kier alpha value is -3.12. The zero-order valence-corrected chi connectivity index (χ0v) is 14.5. The Morgan fingerprint density at radius 3 is 2.58 bits per heavy atom. The third-order valence-electron chi connectivity index (χ3n) is 2.74. The first kappa shape index (κ1) is 19.2. The first-order valence-corrected chi connectivity index (χ1v) is 8.49. The number of sulfonamides is 1. The number of aromatic carboxylic acids is 1. The zero-order chi connectivity index (χ0) is 19.3. The smallest absolute Gasteiger partial charge is 0.445 e. The average molecular weight is 403 g/mol. The normalized spacial score (nSPS) is 10.7. The molecule has 2 rings (SSSR count). The van der Waals surface area contributed by atoms with E-state index in [0.29, 0.717) is 0 Å². The van der Waals surface area contributed by atoms with Gasteiger partial charge in [0.2, 0.25) is 5.88 Å². The quantitative estimate of drug-likeness (QED) is 0.474. The maximum Gasteiger partial charge on any atom is 0.445 e. The number of hydrogen-bond acceptors (Lipinski definition) is 9. The SMILES string of the molecule is COc1cc(Cl)nc(NOC(=O)NS(=O)(=O)c2ccccc2C(=O)O)n1. The molecule has 0 aliphatic carbocycles. The Labute approximate surface area is 151 Å². The number of anilines is 1. The third-order valence-corrected chi connectivity index (χ3v) is 4.30. The van der Waals surface area contributed by atoms with Crippen molar-refractivity contribution in [3.05, 3.63) is 41.0 Å². The van der Waals surface area contributed by atoms with Crippen molar-refractivity contribution in [2.45, 2.75) is 4.90 Å². The van der Waals surface area contributed by atoms with E-state index in [1.54, 1.807) is 4.72 Å². The fourth-order valence-corrected chi connectivity index (χ4v) is 2.95. The van der Waals surface area contributed by atoms with E-state index in [-0.39, 0.29) is 17.0 Å². The summed E-state index contributed by atoms with van der Waals surface area (Å²) in [5.41, 5.74) is 1.48. The van der Waals surface area contributed by atoms with Crippen LogP contribution in [-0.4, -0.2) is 42.7 Å². The molecular formula is C13H11ClN4O7S. The van der Waals surface area contributed by atoms with Crippen LogP contribution < -0.4 is 14.9 Å². The molecule has 11 nitrogen and oxygen atoms in total.